The van der Waals surface area contributed by atoms with Crippen molar-refractivity contribution in [3.05, 3.63) is 23.5 Å². The van der Waals surface area contributed by atoms with E-state index in [1.807, 2.05) is 19.1 Å². The lowest BCUT2D eigenvalue weighted by Gasteiger charge is -2.21. The zero-order chi connectivity index (χ0) is 12.9. The summed E-state index contributed by atoms with van der Waals surface area (Å²) < 4.78 is 27.7. The third kappa shape index (κ3) is 4.66. The van der Waals surface area contributed by atoms with E-state index in [9.17, 15) is 4.57 Å². The van der Waals surface area contributed by atoms with E-state index in [1.54, 1.807) is 13.8 Å². The zero-order valence-corrected chi connectivity index (χ0v) is 11.8. The Morgan fingerprint density at radius 1 is 1.35 bits per heavy atom. The molecule has 0 saturated heterocycles. The highest BCUT2D eigenvalue weighted by Gasteiger charge is 2.28. The van der Waals surface area contributed by atoms with Gasteiger partial charge >= 0.3 is 7.82 Å². The Bertz CT molecular complexity index is 350. The summed E-state index contributed by atoms with van der Waals surface area (Å²) in [7, 11) is -3.45. The number of rotatable bonds is 6. The van der Waals surface area contributed by atoms with Crippen molar-refractivity contribution in [1.82, 2.24) is 0 Å². The summed E-state index contributed by atoms with van der Waals surface area (Å²) in [6, 6.07) is 0. The molecule has 0 aromatic carbocycles. The molecule has 0 heterocycles. The van der Waals surface area contributed by atoms with E-state index in [2.05, 4.69) is 6.92 Å². The average Bonchev–Trinajstić information content (AvgIpc) is 2.15. The minimum Gasteiger partial charge on any atom is -0.404 e. The molecule has 17 heavy (non-hydrogen) atoms. The summed E-state index contributed by atoms with van der Waals surface area (Å²) in [5.41, 5.74) is 1.20. The molecule has 1 aliphatic carbocycles. The van der Waals surface area contributed by atoms with Gasteiger partial charge in [0.1, 0.15) is 5.76 Å². The van der Waals surface area contributed by atoms with Crippen LogP contribution in [0.15, 0.2) is 23.5 Å². The largest absolute Gasteiger partial charge is 0.530 e. The van der Waals surface area contributed by atoms with Crippen LogP contribution in [0.3, 0.4) is 0 Å². The Kier molecular flexibility index (Phi) is 5.44. The van der Waals surface area contributed by atoms with Crippen LogP contribution in [-0.2, 0) is 18.1 Å². The van der Waals surface area contributed by atoms with Gasteiger partial charge in [0.15, 0.2) is 0 Å². The van der Waals surface area contributed by atoms with Crippen LogP contribution in [0.4, 0.5) is 0 Å². The van der Waals surface area contributed by atoms with Gasteiger partial charge in [0.25, 0.3) is 0 Å². The minimum absolute atomic E-state index is 0.294. The molecule has 1 rings (SSSR count). The molecule has 0 amide bonds. The molecule has 5 heteroatoms. The van der Waals surface area contributed by atoms with Gasteiger partial charge in [-0.3, -0.25) is 9.05 Å². The van der Waals surface area contributed by atoms with Gasteiger partial charge < -0.3 is 4.52 Å². The van der Waals surface area contributed by atoms with Gasteiger partial charge in [-0.1, -0.05) is 12.5 Å². The Morgan fingerprint density at radius 2 is 1.94 bits per heavy atom. The molecule has 0 radical (unpaired) electrons. The Balaban J connectivity index is 2.77. The topological polar surface area (TPSA) is 44.8 Å². The lowest BCUT2D eigenvalue weighted by atomic mass is 9.96. The SMILES string of the molecule is CCOP(=O)(OCC)OC1=CC(C)CC(C)=C1. The van der Waals surface area contributed by atoms with Crippen LogP contribution in [0.1, 0.15) is 34.1 Å². The molecule has 1 aliphatic rings. The maximum absolute atomic E-state index is 12.2. The van der Waals surface area contributed by atoms with Crippen molar-refractivity contribution in [2.75, 3.05) is 13.2 Å². The highest BCUT2D eigenvalue weighted by atomic mass is 31.2. The highest BCUT2D eigenvalue weighted by molar-refractivity contribution is 7.48. The van der Waals surface area contributed by atoms with Gasteiger partial charge in [0.05, 0.1) is 13.2 Å². The van der Waals surface area contributed by atoms with Crippen molar-refractivity contribution < 1.29 is 18.1 Å². The third-order valence-corrected chi connectivity index (χ3v) is 3.86. The monoisotopic (exact) mass is 260 g/mol. The number of phosphoric ester groups is 1. The molecule has 0 aromatic heterocycles. The predicted molar refractivity (Wildman–Crippen MR) is 67.6 cm³/mol. The molecule has 0 fully saturated rings. The van der Waals surface area contributed by atoms with E-state index in [-0.39, 0.29) is 0 Å². The first-order valence-corrected chi connectivity index (χ1v) is 7.43. The third-order valence-electron chi connectivity index (χ3n) is 2.27. The number of hydrogen-bond donors (Lipinski definition) is 0. The molecule has 0 bridgehead atoms. The molecule has 4 nitrogen and oxygen atoms in total. The normalized spacial score (nSPS) is 20.8. The molecule has 1 atom stereocenters. The van der Waals surface area contributed by atoms with E-state index in [4.69, 9.17) is 13.6 Å². The second-order valence-electron chi connectivity index (χ2n) is 4.12. The summed E-state index contributed by atoms with van der Waals surface area (Å²) in [5.74, 6) is 0.957. The standard InChI is InChI=1S/C12H21O4P/c1-5-14-17(13,15-6-2)16-12-8-10(3)7-11(4)9-12/h8-10H,5-7H2,1-4H3. The number of allylic oxidation sites excluding steroid dienone is 3. The van der Waals surface area contributed by atoms with Gasteiger partial charge in [-0.15, -0.1) is 0 Å². The van der Waals surface area contributed by atoms with Crippen molar-refractivity contribution >= 4 is 7.82 Å². The maximum Gasteiger partial charge on any atom is 0.530 e. The van der Waals surface area contributed by atoms with E-state index >= 15 is 0 Å². The molecule has 0 aromatic rings. The first kappa shape index (κ1) is 14.5. The summed E-state index contributed by atoms with van der Waals surface area (Å²) >= 11 is 0. The molecular weight excluding hydrogens is 239 g/mol. The smallest absolute Gasteiger partial charge is 0.404 e. The Labute approximate surface area is 103 Å². The number of phosphoric acid groups is 1. The minimum atomic E-state index is -3.45. The van der Waals surface area contributed by atoms with Gasteiger partial charge in [-0.05, 0) is 45.3 Å². The second kappa shape index (κ2) is 6.39. The van der Waals surface area contributed by atoms with Crippen LogP contribution < -0.4 is 0 Å². The molecule has 0 spiro atoms. The van der Waals surface area contributed by atoms with Crippen molar-refractivity contribution in [1.29, 1.82) is 0 Å². The van der Waals surface area contributed by atoms with Crippen molar-refractivity contribution in [3.8, 4) is 0 Å². The molecule has 98 valence electrons. The Morgan fingerprint density at radius 3 is 2.41 bits per heavy atom. The van der Waals surface area contributed by atoms with Crippen molar-refractivity contribution in [2.24, 2.45) is 5.92 Å². The average molecular weight is 260 g/mol. The molecule has 0 aliphatic heterocycles. The van der Waals surface area contributed by atoms with Gasteiger partial charge in [-0.25, -0.2) is 4.57 Å². The first-order valence-electron chi connectivity index (χ1n) is 5.96. The van der Waals surface area contributed by atoms with Gasteiger partial charge in [0, 0.05) is 0 Å². The molecule has 0 saturated carbocycles. The summed E-state index contributed by atoms with van der Waals surface area (Å²) in [6.07, 6.45) is 4.82. The van der Waals surface area contributed by atoms with Crippen LogP contribution in [0.25, 0.3) is 0 Å². The fourth-order valence-corrected chi connectivity index (χ4v) is 2.97. The Hall–Kier alpha value is -0.570. The lowest BCUT2D eigenvalue weighted by molar-refractivity contribution is 0.147. The van der Waals surface area contributed by atoms with Crippen molar-refractivity contribution in [2.45, 2.75) is 34.1 Å². The fraction of sp³-hybridized carbons (Fsp3) is 0.667. The predicted octanol–water partition coefficient (Wildman–Crippen LogP) is 4.05. The first-order chi connectivity index (χ1) is 7.99. The van der Waals surface area contributed by atoms with E-state index in [0.29, 0.717) is 24.9 Å². The quantitative estimate of drug-likeness (QED) is 0.676. The molecule has 1 unspecified atom stereocenters. The van der Waals surface area contributed by atoms with E-state index in [0.717, 1.165) is 6.42 Å². The number of hydrogen-bond acceptors (Lipinski definition) is 4. The maximum atomic E-state index is 12.2. The summed E-state index contributed by atoms with van der Waals surface area (Å²) in [5, 5.41) is 0. The second-order valence-corrected chi connectivity index (χ2v) is 5.71. The van der Waals surface area contributed by atoms with Crippen LogP contribution in [0.5, 0.6) is 0 Å². The van der Waals surface area contributed by atoms with E-state index < -0.39 is 7.82 Å². The zero-order valence-electron chi connectivity index (χ0n) is 10.9. The summed E-state index contributed by atoms with van der Waals surface area (Å²) in [4.78, 5) is 0. The van der Waals surface area contributed by atoms with Gasteiger partial charge in [-0.2, -0.15) is 0 Å². The van der Waals surface area contributed by atoms with Crippen molar-refractivity contribution in [3.63, 3.8) is 0 Å². The van der Waals surface area contributed by atoms with Crippen LogP contribution >= 0.6 is 7.82 Å². The highest BCUT2D eigenvalue weighted by Crippen LogP contribution is 2.52. The molecule has 0 N–H and O–H groups in total. The van der Waals surface area contributed by atoms with Crippen LogP contribution in [0.2, 0.25) is 0 Å². The molecular formula is C12H21O4P. The van der Waals surface area contributed by atoms with E-state index in [1.165, 1.54) is 5.57 Å². The summed E-state index contributed by atoms with van der Waals surface area (Å²) in [6.45, 7) is 8.22. The van der Waals surface area contributed by atoms with Crippen LogP contribution in [-0.4, -0.2) is 13.2 Å². The fourth-order valence-electron chi connectivity index (χ4n) is 1.79. The lowest BCUT2D eigenvalue weighted by Crippen LogP contribution is -2.04. The van der Waals surface area contributed by atoms with Crippen LogP contribution in [0, 0.1) is 5.92 Å². The van der Waals surface area contributed by atoms with Gasteiger partial charge in [0.2, 0.25) is 0 Å².